The van der Waals surface area contributed by atoms with Gasteiger partial charge in [-0.2, -0.15) is 0 Å². The number of likely N-dealkylation sites (tertiary alicyclic amines) is 1. The molecule has 0 unspecified atom stereocenters. The third-order valence-corrected chi connectivity index (χ3v) is 9.07. The van der Waals surface area contributed by atoms with Crippen molar-refractivity contribution in [3.05, 3.63) is 65.6 Å². The summed E-state index contributed by atoms with van der Waals surface area (Å²) in [4.78, 5) is 17.3. The van der Waals surface area contributed by atoms with Crippen LogP contribution in [0.1, 0.15) is 36.0 Å². The highest BCUT2D eigenvalue weighted by Crippen LogP contribution is 2.64. The fourth-order valence-corrected chi connectivity index (χ4v) is 7.15. The molecule has 1 saturated carbocycles. The summed E-state index contributed by atoms with van der Waals surface area (Å²) in [7, 11) is 1.77. The van der Waals surface area contributed by atoms with Crippen molar-refractivity contribution in [2.24, 2.45) is 5.92 Å². The molecule has 1 saturated heterocycles. The van der Waals surface area contributed by atoms with Crippen LogP contribution in [0.25, 0.3) is 6.08 Å². The number of hydrogen-bond acceptors (Lipinski definition) is 6. The molecule has 1 spiro atoms. The van der Waals surface area contributed by atoms with Crippen LogP contribution in [0.2, 0.25) is 0 Å². The van der Waals surface area contributed by atoms with E-state index >= 15 is 0 Å². The zero-order valence-electron chi connectivity index (χ0n) is 19.8. The Labute approximate surface area is 204 Å². The second-order valence-electron chi connectivity index (χ2n) is 10.9. The molecule has 1 amide bonds. The number of phenolic OH excluding ortho intramolecular Hbond substituents is 1. The van der Waals surface area contributed by atoms with E-state index in [4.69, 9.17) is 9.15 Å². The average molecular weight is 475 g/mol. The van der Waals surface area contributed by atoms with Gasteiger partial charge in [0.2, 0.25) is 5.91 Å². The molecule has 7 rings (SSSR count). The number of carbonyl (C=O) groups is 1. The van der Waals surface area contributed by atoms with Crippen LogP contribution in [-0.2, 0) is 16.6 Å². The number of amides is 1. The molecule has 7 nitrogen and oxygen atoms in total. The van der Waals surface area contributed by atoms with Gasteiger partial charge in [0.1, 0.15) is 11.7 Å². The summed E-state index contributed by atoms with van der Waals surface area (Å²) in [5, 5.41) is 23.2. The lowest BCUT2D eigenvalue weighted by Gasteiger charge is -2.62. The maximum absolute atomic E-state index is 13.2. The standard InChI is InChI=1S/C28H30N2O5/c1-29(23(32)7-4-18-9-13-34-16-18)20-8-10-28(33)22-14-19-5-6-21(31)25-24(19)27(28,26(20)35-25)11-12-30(22)15-17-2-3-17/h4-10,13,16-17,20,22,26,31,33H,2-3,11-12,14-15H2,1H3/t20-,22+,26-,27-,28+/m0/s1. The number of aliphatic hydroxyl groups is 1. The predicted molar refractivity (Wildman–Crippen MR) is 129 cm³/mol. The number of aromatic hydroxyl groups is 1. The van der Waals surface area contributed by atoms with Crippen molar-refractivity contribution in [1.29, 1.82) is 0 Å². The van der Waals surface area contributed by atoms with Crippen LogP contribution in [0.5, 0.6) is 11.5 Å². The zero-order chi connectivity index (χ0) is 23.9. The number of furan rings is 1. The minimum absolute atomic E-state index is 0.0508. The second-order valence-corrected chi connectivity index (χ2v) is 10.9. The summed E-state index contributed by atoms with van der Waals surface area (Å²) in [5.41, 5.74) is 1.07. The predicted octanol–water partition coefficient (Wildman–Crippen LogP) is 2.87. The molecule has 1 aromatic carbocycles. The average Bonchev–Trinajstić information content (AvgIpc) is 3.36. The van der Waals surface area contributed by atoms with Gasteiger partial charge < -0.3 is 24.3 Å². The van der Waals surface area contributed by atoms with E-state index in [1.54, 1.807) is 42.7 Å². The minimum Gasteiger partial charge on any atom is -0.504 e. The molecule has 2 aromatic rings. The van der Waals surface area contributed by atoms with Crippen LogP contribution >= 0.6 is 0 Å². The maximum atomic E-state index is 13.2. The number of piperidine rings is 1. The Bertz CT molecular complexity index is 1250. The first-order chi connectivity index (χ1) is 16.9. The summed E-state index contributed by atoms with van der Waals surface area (Å²) in [6, 6.07) is 5.06. The van der Waals surface area contributed by atoms with Crippen LogP contribution in [0.15, 0.2) is 53.4 Å². The number of hydrogen-bond donors (Lipinski definition) is 2. The molecule has 2 N–H and O–H groups in total. The first-order valence-corrected chi connectivity index (χ1v) is 12.6. The number of phenols is 1. The number of nitrogens with zero attached hydrogens (tertiary/aromatic N) is 2. The van der Waals surface area contributed by atoms with Gasteiger partial charge in [-0.3, -0.25) is 9.69 Å². The molecule has 5 atom stereocenters. The van der Waals surface area contributed by atoms with Crippen molar-refractivity contribution in [1.82, 2.24) is 9.80 Å². The molecule has 182 valence electrons. The maximum Gasteiger partial charge on any atom is 0.246 e. The third-order valence-electron chi connectivity index (χ3n) is 9.07. The van der Waals surface area contributed by atoms with Gasteiger partial charge in [-0.1, -0.05) is 18.2 Å². The summed E-state index contributed by atoms with van der Waals surface area (Å²) >= 11 is 0. The van der Waals surface area contributed by atoms with Gasteiger partial charge in [0.15, 0.2) is 11.5 Å². The lowest BCUT2D eigenvalue weighted by molar-refractivity contribution is -0.154. The molecule has 35 heavy (non-hydrogen) atoms. The van der Waals surface area contributed by atoms with Crippen LogP contribution in [0.3, 0.4) is 0 Å². The Hall–Kier alpha value is -3.03. The molecule has 3 aliphatic carbocycles. The molecule has 5 aliphatic rings. The zero-order valence-corrected chi connectivity index (χ0v) is 19.8. The number of likely N-dealkylation sites (N-methyl/N-ethyl adjacent to an activating group) is 1. The van der Waals surface area contributed by atoms with E-state index in [-0.39, 0.29) is 23.7 Å². The van der Waals surface area contributed by atoms with Crippen molar-refractivity contribution in [2.45, 2.75) is 54.9 Å². The number of ether oxygens (including phenoxy) is 1. The summed E-state index contributed by atoms with van der Waals surface area (Å²) in [6.45, 7) is 1.89. The number of rotatable bonds is 5. The monoisotopic (exact) mass is 474 g/mol. The summed E-state index contributed by atoms with van der Waals surface area (Å²) in [6.07, 6.45) is 13.8. The Morgan fingerprint density at radius 3 is 2.94 bits per heavy atom. The van der Waals surface area contributed by atoms with Crippen molar-refractivity contribution < 1.29 is 24.2 Å². The van der Waals surface area contributed by atoms with Gasteiger partial charge in [-0.05, 0) is 61.9 Å². The lowest BCUT2D eigenvalue weighted by atomic mass is 9.50. The third kappa shape index (κ3) is 2.82. The van der Waals surface area contributed by atoms with E-state index < -0.39 is 17.1 Å². The van der Waals surface area contributed by atoms with Crippen molar-refractivity contribution in [3.8, 4) is 11.5 Å². The minimum atomic E-state index is -1.12. The molecule has 2 aliphatic heterocycles. The Balaban J connectivity index is 1.30. The Kier molecular flexibility index (Phi) is 4.40. The first-order valence-electron chi connectivity index (χ1n) is 12.6. The highest BCUT2D eigenvalue weighted by molar-refractivity contribution is 5.92. The normalized spacial score (nSPS) is 34.6. The highest BCUT2D eigenvalue weighted by Gasteiger charge is 2.72. The first kappa shape index (κ1) is 21.3. The Morgan fingerprint density at radius 2 is 2.17 bits per heavy atom. The molecule has 3 heterocycles. The SMILES string of the molecule is CN(C(=O)C=Cc1ccoc1)[C@H]1C=C[C@@]2(O)[C@H]3Cc4ccc(O)c5c4[C@@]2(CCN3CC2CC2)[C@H]1O5. The molecular formula is C28H30N2O5. The smallest absolute Gasteiger partial charge is 0.246 e. The Morgan fingerprint density at radius 1 is 1.31 bits per heavy atom. The highest BCUT2D eigenvalue weighted by atomic mass is 16.5. The van der Waals surface area contributed by atoms with Crippen LogP contribution < -0.4 is 4.74 Å². The van der Waals surface area contributed by atoms with Crippen molar-refractivity contribution >= 4 is 12.0 Å². The number of benzene rings is 1. The molecule has 2 bridgehead atoms. The molecule has 0 radical (unpaired) electrons. The van der Waals surface area contributed by atoms with Gasteiger partial charge >= 0.3 is 0 Å². The number of carbonyl (C=O) groups excluding carboxylic acids is 1. The van der Waals surface area contributed by atoms with E-state index in [1.807, 2.05) is 18.2 Å². The lowest BCUT2D eigenvalue weighted by Crippen LogP contribution is -2.76. The fourth-order valence-electron chi connectivity index (χ4n) is 7.15. The van der Waals surface area contributed by atoms with Crippen LogP contribution in [-0.4, -0.2) is 69.8 Å². The van der Waals surface area contributed by atoms with E-state index in [9.17, 15) is 15.0 Å². The van der Waals surface area contributed by atoms with Crippen molar-refractivity contribution in [2.75, 3.05) is 20.1 Å². The summed E-state index contributed by atoms with van der Waals surface area (Å²) < 4.78 is 11.6. The molecule has 2 fully saturated rings. The molecule has 7 heteroatoms. The van der Waals surface area contributed by atoms with Gasteiger partial charge in [0, 0.05) is 36.8 Å². The van der Waals surface area contributed by atoms with Crippen LogP contribution in [0, 0.1) is 5.92 Å². The van der Waals surface area contributed by atoms with E-state index in [0.29, 0.717) is 12.2 Å². The van der Waals surface area contributed by atoms with Gasteiger partial charge in [-0.15, -0.1) is 0 Å². The van der Waals surface area contributed by atoms with E-state index in [2.05, 4.69) is 4.90 Å². The largest absolute Gasteiger partial charge is 0.504 e. The van der Waals surface area contributed by atoms with Gasteiger partial charge in [0.25, 0.3) is 0 Å². The topological polar surface area (TPSA) is 86.4 Å². The fraction of sp³-hybridized carbons (Fsp3) is 0.464. The van der Waals surface area contributed by atoms with E-state index in [1.165, 1.54) is 18.9 Å². The van der Waals surface area contributed by atoms with Crippen molar-refractivity contribution in [3.63, 3.8) is 0 Å². The quantitative estimate of drug-likeness (QED) is 0.512. The van der Waals surface area contributed by atoms with E-state index in [0.717, 1.165) is 42.1 Å². The molecular weight excluding hydrogens is 444 g/mol. The summed E-state index contributed by atoms with van der Waals surface area (Å²) in [5.74, 6) is 1.14. The van der Waals surface area contributed by atoms with Crippen LogP contribution in [0.4, 0.5) is 0 Å². The molecule has 1 aromatic heterocycles. The second kappa shape index (κ2) is 7.24. The van der Waals surface area contributed by atoms with Gasteiger partial charge in [-0.25, -0.2) is 0 Å². The van der Waals surface area contributed by atoms with Gasteiger partial charge in [0.05, 0.1) is 24.0 Å².